The van der Waals surface area contributed by atoms with E-state index in [4.69, 9.17) is 23.2 Å². The molecule has 2 aromatic heterocycles. The SMILES string of the molecule is C=CCn1cnnc1-c1c(Cl)c(Cl)cc2nc(C=O)c(C=O)nc12. The van der Waals surface area contributed by atoms with Gasteiger partial charge in [0.15, 0.2) is 18.4 Å². The van der Waals surface area contributed by atoms with Crippen LogP contribution in [0.25, 0.3) is 22.4 Å². The number of hydrogen-bond acceptors (Lipinski definition) is 6. The lowest BCUT2D eigenvalue weighted by atomic mass is 10.1. The summed E-state index contributed by atoms with van der Waals surface area (Å²) in [6, 6.07) is 1.48. The third-order valence-corrected chi connectivity index (χ3v) is 4.08. The molecule has 0 saturated heterocycles. The molecular weight excluding hydrogens is 353 g/mol. The minimum absolute atomic E-state index is 0.0746. The zero-order valence-corrected chi connectivity index (χ0v) is 13.6. The van der Waals surface area contributed by atoms with Gasteiger partial charge in [0, 0.05) is 6.54 Å². The largest absolute Gasteiger partial charge is 0.310 e. The maximum absolute atomic E-state index is 11.2. The Morgan fingerprint density at radius 1 is 1.17 bits per heavy atom. The topological polar surface area (TPSA) is 90.6 Å². The summed E-state index contributed by atoms with van der Waals surface area (Å²) in [6.07, 6.45) is 4.09. The molecule has 0 atom stereocenters. The highest BCUT2D eigenvalue weighted by atomic mass is 35.5. The van der Waals surface area contributed by atoms with Gasteiger partial charge in [-0.2, -0.15) is 0 Å². The molecule has 0 amide bonds. The Kier molecular flexibility index (Phi) is 4.37. The van der Waals surface area contributed by atoms with Crippen LogP contribution in [0.5, 0.6) is 0 Å². The summed E-state index contributed by atoms with van der Waals surface area (Å²) in [5.74, 6) is 0.400. The summed E-state index contributed by atoms with van der Waals surface area (Å²) in [6.45, 7) is 4.11. The normalized spacial score (nSPS) is 10.8. The fourth-order valence-electron chi connectivity index (χ4n) is 2.27. The molecule has 0 aliphatic heterocycles. The van der Waals surface area contributed by atoms with Crippen LogP contribution in [-0.2, 0) is 6.54 Å². The van der Waals surface area contributed by atoms with E-state index in [0.717, 1.165) is 0 Å². The van der Waals surface area contributed by atoms with Gasteiger partial charge in [-0.3, -0.25) is 9.59 Å². The number of fused-ring (bicyclic) bond motifs is 1. The summed E-state index contributed by atoms with van der Waals surface area (Å²) in [7, 11) is 0. The lowest BCUT2D eigenvalue weighted by molar-refractivity contribution is 0.108. The van der Waals surface area contributed by atoms with Crippen LogP contribution >= 0.6 is 23.2 Å². The molecule has 0 aliphatic carbocycles. The Hall–Kier alpha value is -2.64. The van der Waals surface area contributed by atoms with E-state index in [0.29, 0.717) is 41.5 Å². The van der Waals surface area contributed by atoms with Gasteiger partial charge in [0.1, 0.15) is 23.2 Å². The molecule has 0 bridgehead atoms. The minimum Gasteiger partial charge on any atom is -0.310 e. The van der Waals surface area contributed by atoms with Crippen molar-refractivity contribution in [2.24, 2.45) is 0 Å². The van der Waals surface area contributed by atoms with Gasteiger partial charge in [-0.05, 0) is 6.07 Å². The maximum Gasteiger partial charge on any atom is 0.170 e. The van der Waals surface area contributed by atoms with Gasteiger partial charge in [0.05, 0.1) is 21.1 Å². The quantitative estimate of drug-likeness (QED) is 0.512. The van der Waals surface area contributed by atoms with Crippen molar-refractivity contribution in [2.45, 2.75) is 6.54 Å². The standard InChI is InChI=1S/C15H9Cl2N5O2/c1-2-3-22-7-18-21-15(22)12-13(17)8(16)4-9-14(12)20-11(6-24)10(5-23)19-9/h2,4-7H,1,3H2. The number of allylic oxidation sites excluding steroid dienone is 1. The Labute approximate surface area is 146 Å². The number of aldehydes is 2. The van der Waals surface area contributed by atoms with Crippen molar-refractivity contribution in [1.29, 1.82) is 0 Å². The molecule has 2 heterocycles. The van der Waals surface area contributed by atoms with E-state index in [-0.39, 0.29) is 21.4 Å². The predicted molar refractivity (Wildman–Crippen MR) is 89.5 cm³/mol. The third-order valence-electron chi connectivity index (χ3n) is 3.30. The Balaban J connectivity index is 2.43. The lowest BCUT2D eigenvalue weighted by Gasteiger charge is -2.11. The minimum atomic E-state index is -0.0908. The van der Waals surface area contributed by atoms with E-state index in [9.17, 15) is 9.59 Å². The van der Waals surface area contributed by atoms with Gasteiger partial charge in [0.2, 0.25) is 0 Å². The molecule has 3 rings (SSSR count). The smallest absolute Gasteiger partial charge is 0.170 e. The second-order valence-corrected chi connectivity index (χ2v) is 5.53. The summed E-state index contributed by atoms with van der Waals surface area (Å²) in [5, 5.41) is 8.33. The number of hydrogen-bond donors (Lipinski definition) is 0. The van der Waals surface area contributed by atoms with Crippen molar-refractivity contribution in [1.82, 2.24) is 24.7 Å². The highest BCUT2D eigenvalue weighted by molar-refractivity contribution is 6.45. The number of carbonyl (C=O) groups is 2. The molecule has 7 nitrogen and oxygen atoms in total. The van der Waals surface area contributed by atoms with Gasteiger partial charge >= 0.3 is 0 Å². The Morgan fingerprint density at radius 2 is 1.88 bits per heavy atom. The van der Waals surface area contributed by atoms with Crippen LogP contribution in [0.15, 0.2) is 25.0 Å². The fraction of sp³-hybridized carbons (Fsp3) is 0.0667. The predicted octanol–water partition coefficient (Wildman–Crippen LogP) is 3.01. The van der Waals surface area contributed by atoms with Gasteiger partial charge in [-0.25, -0.2) is 9.97 Å². The van der Waals surface area contributed by atoms with E-state index >= 15 is 0 Å². The van der Waals surface area contributed by atoms with Crippen LogP contribution in [0.2, 0.25) is 10.0 Å². The first kappa shape index (κ1) is 16.2. The molecule has 0 unspecified atom stereocenters. The lowest BCUT2D eigenvalue weighted by Crippen LogP contribution is -2.04. The molecule has 24 heavy (non-hydrogen) atoms. The fourth-order valence-corrected chi connectivity index (χ4v) is 2.69. The molecule has 1 aromatic carbocycles. The molecule has 0 N–H and O–H groups in total. The molecule has 0 spiro atoms. The second kappa shape index (κ2) is 6.46. The summed E-state index contributed by atoms with van der Waals surface area (Å²) < 4.78 is 1.69. The first-order valence-corrected chi connectivity index (χ1v) is 7.45. The van der Waals surface area contributed by atoms with Gasteiger partial charge in [0.25, 0.3) is 0 Å². The van der Waals surface area contributed by atoms with E-state index in [1.165, 1.54) is 12.4 Å². The van der Waals surface area contributed by atoms with Crippen LogP contribution in [-0.4, -0.2) is 37.3 Å². The Bertz CT molecular complexity index is 984. The summed E-state index contributed by atoms with van der Waals surface area (Å²) >= 11 is 12.5. The van der Waals surface area contributed by atoms with Crippen LogP contribution in [0.4, 0.5) is 0 Å². The Morgan fingerprint density at radius 3 is 2.54 bits per heavy atom. The molecule has 9 heteroatoms. The number of halogens is 2. The van der Waals surface area contributed by atoms with Crippen molar-refractivity contribution in [3.8, 4) is 11.4 Å². The summed E-state index contributed by atoms with van der Waals surface area (Å²) in [5.41, 5.74) is 0.837. The number of rotatable bonds is 5. The number of aromatic nitrogens is 5. The van der Waals surface area contributed by atoms with E-state index in [1.807, 2.05) is 0 Å². The monoisotopic (exact) mass is 361 g/mol. The van der Waals surface area contributed by atoms with Crippen molar-refractivity contribution in [3.05, 3.63) is 46.5 Å². The second-order valence-electron chi connectivity index (χ2n) is 4.74. The zero-order chi connectivity index (χ0) is 17.3. The molecule has 0 saturated carbocycles. The van der Waals surface area contributed by atoms with Crippen LogP contribution in [0, 0.1) is 0 Å². The summed E-state index contributed by atoms with van der Waals surface area (Å²) in [4.78, 5) is 30.6. The van der Waals surface area contributed by atoms with Crippen molar-refractivity contribution >= 4 is 46.8 Å². The van der Waals surface area contributed by atoms with Gasteiger partial charge in [-0.15, -0.1) is 16.8 Å². The molecule has 0 fully saturated rings. The average molecular weight is 362 g/mol. The van der Waals surface area contributed by atoms with Crippen molar-refractivity contribution < 1.29 is 9.59 Å². The zero-order valence-electron chi connectivity index (χ0n) is 12.1. The number of carbonyl (C=O) groups excluding carboxylic acids is 2. The highest BCUT2D eigenvalue weighted by Gasteiger charge is 2.21. The van der Waals surface area contributed by atoms with Crippen molar-refractivity contribution in [2.75, 3.05) is 0 Å². The molecule has 0 radical (unpaired) electrons. The molecule has 0 aliphatic rings. The van der Waals surface area contributed by atoms with Gasteiger partial charge < -0.3 is 4.57 Å². The molecule has 120 valence electrons. The third kappa shape index (κ3) is 2.57. The van der Waals surface area contributed by atoms with Crippen molar-refractivity contribution in [3.63, 3.8) is 0 Å². The van der Waals surface area contributed by atoms with Crippen LogP contribution in [0.1, 0.15) is 21.0 Å². The number of benzene rings is 1. The van der Waals surface area contributed by atoms with E-state index in [2.05, 4.69) is 26.7 Å². The first-order chi connectivity index (χ1) is 11.6. The van der Waals surface area contributed by atoms with Gasteiger partial charge in [-0.1, -0.05) is 29.3 Å². The maximum atomic E-state index is 11.2. The average Bonchev–Trinajstić information content (AvgIpc) is 3.03. The first-order valence-electron chi connectivity index (χ1n) is 6.69. The number of nitrogens with zero attached hydrogens (tertiary/aromatic N) is 5. The van der Waals surface area contributed by atoms with E-state index < -0.39 is 0 Å². The molecule has 3 aromatic rings. The highest BCUT2D eigenvalue weighted by Crippen LogP contribution is 2.38. The van der Waals surface area contributed by atoms with Crippen LogP contribution < -0.4 is 0 Å². The van der Waals surface area contributed by atoms with Crippen LogP contribution in [0.3, 0.4) is 0 Å². The molecular formula is C15H9Cl2N5O2. The van der Waals surface area contributed by atoms with E-state index in [1.54, 1.807) is 10.6 Å².